The Hall–Kier alpha value is -3.47. The number of hydrogen-bond acceptors (Lipinski definition) is 8. The SMILES string of the molecule is Cn1cc(F)c(-c2ccc(-c3cnc(N(C4CC4)[C@H]4C[C@@H]5CCC[C@H](N5)[C@H]4F)nn3)c(O)c2)nc1=O. The number of nitrogens with one attached hydrogen (secondary N) is 1. The number of phenolic OH excluding ortho intramolecular Hbond substituents is 1. The van der Waals surface area contributed by atoms with Gasteiger partial charge in [0, 0.05) is 42.5 Å². The van der Waals surface area contributed by atoms with Crippen LogP contribution in [0.2, 0.25) is 0 Å². The molecule has 36 heavy (non-hydrogen) atoms. The van der Waals surface area contributed by atoms with E-state index in [1.807, 2.05) is 4.90 Å². The molecule has 0 amide bonds. The first-order chi connectivity index (χ1) is 17.4. The number of benzene rings is 1. The van der Waals surface area contributed by atoms with Crippen LogP contribution in [0, 0.1) is 5.82 Å². The highest BCUT2D eigenvalue weighted by atomic mass is 19.1. The van der Waals surface area contributed by atoms with E-state index >= 15 is 4.39 Å². The van der Waals surface area contributed by atoms with Crippen molar-refractivity contribution in [3.05, 3.63) is 46.9 Å². The molecule has 9 nitrogen and oxygen atoms in total. The molecule has 4 heterocycles. The fourth-order valence-corrected chi connectivity index (χ4v) is 5.51. The average molecular weight is 496 g/mol. The van der Waals surface area contributed by atoms with Crippen LogP contribution in [0.1, 0.15) is 38.5 Å². The van der Waals surface area contributed by atoms with Gasteiger partial charge >= 0.3 is 5.69 Å². The molecule has 6 rings (SSSR count). The van der Waals surface area contributed by atoms with E-state index in [9.17, 15) is 14.3 Å². The van der Waals surface area contributed by atoms with Crippen molar-refractivity contribution in [3.8, 4) is 28.3 Å². The maximum atomic E-state index is 15.4. The highest BCUT2D eigenvalue weighted by molar-refractivity contribution is 5.72. The van der Waals surface area contributed by atoms with E-state index in [-0.39, 0.29) is 35.1 Å². The summed E-state index contributed by atoms with van der Waals surface area (Å²) in [5, 5.41) is 22.7. The normalized spacial score (nSPS) is 25.5. The van der Waals surface area contributed by atoms with Gasteiger partial charge in [-0.3, -0.25) is 4.57 Å². The summed E-state index contributed by atoms with van der Waals surface area (Å²) in [6.07, 6.45) is 7.20. The number of nitrogens with zero attached hydrogens (tertiary/aromatic N) is 6. The summed E-state index contributed by atoms with van der Waals surface area (Å²) in [6, 6.07) is 4.55. The van der Waals surface area contributed by atoms with Gasteiger partial charge in [0.15, 0.2) is 5.82 Å². The summed E-state index contributed by atoms with van der Waals surface area (Å²) in [6.45, 7) is 0. The predicted octanol–water partition coefficient (Wildman–Crippen LogP) is 2.73. The van der Waals surface area contributed by atoms with Crippen LogP contribution in [0.4, 0.5) is 14.7 Å². The Morgan fingerprint density at radius 1 is 1.19 bits per heavy atom. The Morgan fingerprint density at radius 2 is 2.03 bits per heavy atom. The Morgan fingerprint density at radius 3 is 2.75 bits per heavy atom. The van der Waals surface area contributed by atoms with Crippen LogP contribution in [-0.2, 0) is 7.05 Å². The third kappa shape index (κ3) is 4.11. The zero-order valence-corrected chi connectivity index (χ0v) is 19.8. The number of hydrogen-bond donors (Lipinski definition) is 2. The Bertz CT molecular complexity index is 1350. The van der Waals surface area contributed by atoms with Gasteiger partial charge in [-0.15, -0.1) is 10.2 Å². The van der Waals surface area contributed by atoms with Gasteiger partial charge in [-0.2, -0.15) is 4.98 Å². The van der Waals surface area contributed by atoms with Crippen molar-refractivity contribution in [1.29, 1.82) is 0 Å². The van der Waals surface area contributed by atoms with Gasteiger partial charge < -0.3 is 15.3 Å². The van der Waals surface area contributed by atoms with E-state index in [0.717, 1.165) is 42.9 Å². The number of aromatic nitrogens is 5. The molecule has 1 aliphatic carbocycles. The van der Waals surface area contributed by atoms with Crippen molar-refractivity contribution in [3.63, 3.8) is 0 Å². The summed E-state index contributed by atoms with van der Waals surface area (Å²) in [5.41, 5.74) is 0.192. The molecule has 188 valence electrons. The molecule has 0 unspecified atom stereocenters. The van der Waals surface area contributed by atoms with Crippen LogP contribution in [0.25, 0.3) is 22.5 Å². The molecule has 11 heteroatoms. The van der Waals surface area contributed by atoms with Crippen LogP contribution >= 0.6 is 0 Å². The van der Waals surface area contributed by atoms with E-state index in [2.05, 4.69) is 25.5 Å². The molecule has 3 aliphatic rings. The summed E-state index contributed by atoms with van der Waals surface area (Å²) >= 11 is 0. The van der Waals surface area contributed by atoms with E-state index in [4.69, 9.17) is 0 Å². The zero-order chi connectivity index (χ0) is 25.0. The molecule has 2 aliphatic heterocycles. The Kier molecular flexibility index (Phi) is 5.66. The largest absolute Gasteiger partial charge is 0.507 e. The summed E-state index contributed by atoms with van der Waals surface area (Å²) in [4.78, 5) is 22.1. The number of halogens is 2. The zero-order valence-electron chi connectivity index (χ0n) is 19.8. The molecule has 2 aromatic heterocycles. The number of phenols is 1. The molecule has 2 bridgehead atoms. The van der Waals surface area contributed by atoms with Crippen LogP contribution in [0.15, 0.2) is 35.4 Å². The predicted molar refractivity (Wildman–Crippen MR) is 129 cm³/mol. The molecule has 3 aromatic rings. The van der Waals surface area contributed by atoms with E-state index < -0.39 is 17.7 Å². The number of alkyl halides is 1. The maximum absolute atomic E-state index is 15.4. The van der Waals surface area contributed by atoms with Gasteiger partial charge in [0.1, 0.15) is 23.3 Å². The minimum Gasteiger partial charge on any atom is -0.507 e. The summed E-state index contributed by atoms with van der Waals surface area (Å²) < 4.78 is 30.8. The molecular weight excluding hydrogens is 468 g/mol. The van der Waals surface area contributed by atoms with E-state index in [0.29, 0.717) is 29.7 Å². The molecule has 1 aromatic carbocycles. The Balaban J connectivity index is 1.27. The lowest BCUT2D eigenvalue weighted by Gasteiger charge is -2.46. The number of piperidine rings is 2. The van der Waals surface area contributed by atoms with Gasteiger partial charge in [0.2, 0.25) is 5.95 Å². The quantitative estimate of drug-likeness (QED) is 0.556. The fraction of sp³-hybridized carbons (Fsp3) is 0.480. The van der Waals surface area contributed by atoms with Gasteiger partial charge in [-0.1, -0.05) is 12.5 Å². The number of fused-ring (bicyclic) bond motifs is 2. The van der Waals surface area contributed by atoms with Crippen molar-refractivity contribution < 1.29 is 13.9 Å². The summed E-state index contributed by atoms with van der Waals surface area (Å²) in [7, 11) is 1.41. The number of aryl methyl sites for hydroxylation is 1. The first-order valence-electron chi connectivity index (χ1n) is 12.3. The van der Waals surface area contributed by atoms with Gasteiger partial charge in [0.05, 0.1) is 12.2 Å². The molecule has 2 saturated heterocycles. The summed E-state index contributed by atoms with van der Waals surface area (Å²) in [5.74, 6) is -0.452. The van der Waals surface area contributed by atoms with Crippen molar-refractivity contribution in [1.82, 2.24) is 30.0 Å². The number of anilines is 1. The second-order valence-corrected chi connectivity index (χ2v) is 9.99. The number of rotatable bonds is 5. The lowest BCUT2D eigenvalue weighted by Crippen LogP contribution is -2.62. The monoisotopic (exact) mass is 495 g/mol. The van der Waals surface area contributed by atoms with Gasteiger partial charge in [-0.25, -0.2) is 18.6 Å². The van der Waals surface area contributed by atoms with Crippen LogP contribution in [0.3, 0.4) is 0 Å². The van der Waals surface area contributed by atoms with Crippen molar-refractivity contribution in [2.24, 2.45) is 7.05 Å². The smallest absolute Gasteiger partial charge is 0.348 e. The van der Waals surface area contributed by atoms with Crippen molar-refractivity contribution in [2.75, 3.05) is 4.90 Å². The third-order valence-corrected chi connectivity index (χ3v) is 7.46. The maximum Gasteiger partial charge on any atom is 0.348 e. The first-order valence-corrected chi connectivity index (χ1v) is 12.3. The molecule has 4 atom stereocenters. The molecule has 1 saturated carbocycles. The lowest BCUT2D eigenvalue weighted by molar-refractivity contribution is 0.103. The topological polar surface area (TPSA) is 109 Å². The number of aromatic hydroxyl groups is 1. The first kappa shape index (κ1) is 23.0. The third-order valence-electron chi connectivity index (χ3n) is 7.46. The lowest BCUT2D eigenvalue weighted by atomic mass is 9.82. The molecular formula is C25H27F2N7O2. The second kappa shape index (κ2) is 8.88. The standard InChI is InChI=1S/C25H27F2N7O2/c1-33-12-17(26)23(30-25(33)36)13-5-8-16(21(35)9-13)19-11-28-24(32-31-19)34(15-6-7-15)20-10-14-3-2-4-18(29-14)22(20)27/h5,8-9,11-12,14-15,18,20,22,29,35H,2-4,6-7,10H2,1H3/t14-,18-,20-,22+/m0/s1. The Labute approximate surface area is 206 Å². The van der Waals surface area contributed by atoms with Gasteiger partial charge in [0.25, 0.3) is 0 Å². The molecule has 0 radical (unpaired) electrons. The minimum atomic E-state index is -0.995. The van der Waals surface area contributed by atoms with E-state index in [1.54, 1.807) is 12.1 Å². The minimum absolute atomic E-state index is 0.129. The molecule has 0 spiro atoms. The highest BCUT2D eigenvalue weighted by Crippen LogP contribution is 2.39. The average Bonchev–Trinajstić information content (AvgIpc) is 3.71. The van der Waals surface area contributed by atoms with Crippen LogP contribution in [-0.4, -0.2) is 60.2 Å². The fourth-order valence-electron chi connectivity index (χ4n) is 5.51. The van der Waals surface area contributed by atoms with Crippen LogP contribution in [0.5, 0.6) is 5.75 Å². The van der Waals surface area contributed by atoms with Gasteiger partial charge in [-0.05, 0) is 44.2 Å². The van der Waals surface area contributed by atoms with E-state index in [1.165, 1.54) is 19.3 Å². The molecule has 3 fully saturated rings. The van der Waals surface area contributed by atoms with Crippen molar-refractivity contribution >= 4 is 5.95 Å². The second-order valence-electron chi connectivity index (χ2n) is 9.99. The van der Waals surface area contributed by atoms with Crippen LogP contribution < -0.4 is 15.9 Å². The van der Waals surface area contributed by atoms with Crippen molar-refractivity contribution in [2.45, 2.75) is 68.9 Å². The highest BCUT2D eigenvalue weighted by Gasteiger charge is 2.47. The molecule has 2 N–H and O–H groups in total.